The summed E-state index contributed by atoms with van der Waals surface area (Å²) >= 11 is 0. The average Bonchev–Trinajstić information content (AvgIpc) is 2.59. The van der Waals surface area contributed by atoms with Crippen LogP contribution in [-0.4, -0.2) is 40.8 Å². The number of nitrogens with zero attached hydrogens (tertiary/aromatic N) is 2. The molecule has 0 radical (unpaired) electrons. The average molecular weight is 406 g/mol. The fourth-order valence-electron chi connectivity index (χ4n) is 2.92. The van der Waals surface area contributed by atoms with Gasteiger partial charge < -0.3 is 5.11 Å². The zero-order valence-corrected chi connectivity index (χ0v) is 14.4. The fourth-order valence-corrected chi connectivity index (χ4v) is 4.61. The summed E-state index contributed by atoms with van der Waals surface area (Å²) < 4.78 is 67.4. The van der Waals surface area contributed by atoms with E-state index >= 15 is 0 Å². The summed E-state index contributed by atoms with van der Waals surface area (Å²) in [6.07, 6.45) is -1.31. The maximum atomic E-state index is 14.0. The summed E-state index contributed by atoms with van der Waals surface area (Å²) in [5.74, 6) is -4.02. The molecule has 0 aliphatic heterocycles. The van der Waals surface area contributed by atoms with E-state index in [2.05, 4.69) is 4.98 Å². The van der Waals surface area contributed by atoms with Crippen LogP contribution in [0.15, 0.2) is 47.7 Å². The van der Waals surface area contributed by atoms with E-state index < -0.39 is 54.2 Å². The van der Waals surface area contributed by atoms with Crippen LogP contribution in [0.25, 0.3) is 0 Å². The molecule has 1 aliphatic carbocycles. The molecule has 0 spiro atoms. The Balaban J connectivity index is 2.63. The van der Waals surface area contributed by atoms with Crippen LogP contribution in [0, 0.1) is 21.4 Å². The lowest BCUT2D eigenvalue weighted by Gasteiger charge is -2.41. The summed E-state index contributed by atoms with van der Waals surface area (Å²) in [7, 11) is -4.79. The van der Waals surface area contributed by atoms with Gasteiger partial charge in [-0.15, -0.1) is 0 Å². The smallest absolute Gasteiger partial charge is 0.400 e. The molecule has 1 aromatic rings. The monoisotopic (exact) mass is 406 g/mol. The zero-order chi connectivity index (χ0) is 20.6. The number of hydrogen-bond donors (Lipinski definition) is 1. The normalized spacial score (nSPS) is 23.8. The van der Waals surface area contributed by atoms with Crippen LogP contribution < -0.4 is 0 Å². The van der Waals surface area contributed by atoms with Gasteiger partial charge in [0.1, 0.15) is 11.6 Å². The van der Waals surface area contributed by atoms with E-state index in [1.54, 1.807) is 0 Å². The Labute approximate surface area is 151 Å². The number of sulfone groups is 1. The second-order valence-electron chi connectivity index (χ2n) is 5.79. The molecule has 3 atom stereocenters. The largest absolute Gasteiger partial charge is 0.481 e. The van der Waals surface area contributed by atoms with Crippen molar-refractivity contribution in [1.82, 2.24) is 4.98 Å². The highest BCUT2D eigenvalue weighted by atomic mass is 32.2. The number of rotatable bonds is 5. The number of halogens is 3. The Morgan fingerprint density at radius 3 is 2.44 bits per heavy atom. The first-order chi connectivity index (χ1) is 12.4. The van der Waals surface area contributed by atoms with E-state index in [1.807, 2.05) is 0 Å². The number of hydrogen-bond acceptors (Lipinski definition) is 6. The topological polar surface area (TPSA) is 127 Å². The number of allylic oxidation sites excluding steroid dienone is 3. The number of aromatic nitrogens is 1. The molecule has 3 unspecified atom stereocenters. The molecular formula is C15H13F3N2O6S. The molecule has 0 saturated heterocycles. The van der Waals surface area contributed by atoms with E-state index in [1.165, 1.54) is 0 Å². The lowest BCUT2D eigenvalue weighted by Crippen LogP contribution is -2.55. The lowest BCUT2D eigenvalue weighted by atomic mass is 9.70. The van der Waals surface area contributed by atoms with E-state index in [4.69, 9.17) is 0 Å². The Hall–Kier alpha value is -2.76. The van der Waals surface area contributed by atoms with Crippen LogP contribution in [-0.2, 0) is 14.6 Å². The number of carboxylic acids is 1. The van der Waals surface area contributed by atoms with Gasteiger partial charge in [0, 0.05) is 6.07 Å². The van der Waals surface area contributed by atoms with E-state index in [0.29, 0.717) is 18.3 Å². The van der Waals surface area contributed by atoms with Crippen LogP contribution in [0.4, 0.5) is 18.9 Å². The summed E-state index contributed by atoms with van der Waals surface area (Å²) in [5.41, 5.74) is -3.79. The van der Waals surface area contributed by atoms with Gasteiger partial charge in [0.15, 0.2) is 14.9 Å². The van der Waals surface area contributed by atoms with Crippen LogP contribution in [0.2, 0.25) is 0 Å². The third kappa shape index (κ3) is 3.31. The minimum absolute atomic E-state index is 0.513. The number of aliphatic carboxylic acids is 1. The quantitative estimate of drug-likeness (QED) is 0.588. The van der Waals surface area contributed by atoms with Gasteiger partial charge in [0.05, 0.1) is 16.1 Å². The SMILES string of the molecule is CC(C1(C(F)(F)F)C=CC=CC1C(=O)O)S(=O)(=O)c1ccc([N+](=O)[O-])cn1. The fraction of sp³-hybridized carbons (Fsp3) is 0.333. The molecule has 1 heterocycles. The maximum Gasteiger partial charge on any atom is 0.400 e. The van der Waals surface area contributed by atoms with Crippen molar-refractivity contribution in [2.75, 3.05) is 0 Å². The van der Waals surface area contributed by atoms with Crippen LogP contribution in [0.1, 0.15) is 6.92 Å². The molecule has 2 rings (SSSR count). The maximum absolute atomic E-state index is 14.0. The molecule has 27 heavy (non-hydrogen) atoms. The minimum atomic E-state index is -5.22. The van der Waals surface area contributed by atoms with Crippen molar-refractivity contribution < 1.29 is 36.4 Å². The lowest BCUT2D eigenvalue weighted by molar-refractivity contribution is -0.385. The van der Waals surface area contributed by atoms with Gasteiger partial charge in [0.25, 0.3) is 5.69 Å². The molecular weight excluding hydrogens is 393 g/mol. The first-order valence-electron chi connectivity index (χ1n) is 7.35. The van der Waals surface area contributed by atoms with Crippen molar-refractivity contribution in [1.29, 1.82) is 0 Å². The minimum Gasteiger partial charge on any atom is -0.481 e. The zero-order valence-electron chi connectivity index (χ0n) is 13.6. The first-order valence-corrected chi connectivity index (χ1v) is 8.90. The third-order valence-electron chi connectivity index (χ3n) is 4.42. The number of pyridine rings is 1. The Bertz CT molecular complexity index is 924. The number of carbonyl (C=O) groups is 1. The second kappa shape index (κ2) is 6.76. The van der Waals surface area contributed by atoms with Crippen LogP contribution >= 0.6 is 0 Å². The summed E-state index contributed by atoms with van der Waals surface area (Å²) in [6.45, 7) is 0.741. The predicted octanol–water partition coefficient (Wildman–Crippen LogP) is 2.53. The number of nitro groups is 1. The molecule has 1 N–H and O–H groups in total. The van der Waals surface area contributed by atoms with Crippen molar-refractivity contribution in [3.8, 4) is 0 Å². The molecule has 146 valence electrons. The molecule has 0 bridgehead atoms. The predicted molar refractivity (Wildman–Crippen MR) is 85.4 cm³/mol. The number of alkyl halides is 3. The summed E-state index contributed by atoms with van der Waals surface area (Å²) in [6, 6.07) is 1.50. The summed E-state index contributed by atoms with van der Waals surface area (Å²) in [4.78, 5) is 24.6. The van der Waals surface area contributed by atoms with Crippen molar-refractivity contribution in [3.63, 3.8) is 0 Å². The first kappa shape index (κ1) is 20.6. The molecule has 0 saturated carbocycles. The molecule has 12 heteroatoms. The Morgan fingerprint density at radius 2 is 2.00 bits per heavy atom. The molecule has 0 amide bonds. The van der Waals surface area contributed by atoms with Gasteiger partial charge in [0.2, 0.25) is 0 Å². The molecule has 8 nitrogen and oxygen atoms in total. The third-order valence-corrected chi connectivity index (χ3v) is 6.56. The van der Waals surface area contributed by atoms with Gasteiger partial charge in [-0.2, -0.15) is 13.2 Å². The van der Waals surface area contributed by atoms with Gasteiger partial charge in [-0.05, 0) is 13.0 Å². The standard InChI is InChI=1S/C15H13F3N2O6S/c1-9(27(25,26)12-6-5-10(8-19-12)20(23)24)14(15(16,17)18)7-3-2-4-11(14)13(21)22/h2-9,11H,1H3,(H,21,22). The Kier molecular flexibility index (Phi) is 5.14. The Morgan fingerprint density at radius 1 is 1.37 bits per heavy atom. The number of carboxylic acid groups (broad SMARTS) is 1. The van der Waals surface area contributed by atoms with Crippen molar-refractivity contribution >= 4 is 21.5 Å². The summed E-state index contributed by atoms with van der Waals surface area (Å²) in [5, 5.41) is 16.8. The highest BCUT2D eigenvalue weighted by Crippen LogP contribution is 2.53. The highest BCUT2D eigenvalue weighted by Gasteiger charge is 2.66. The molecule has 1 aromatic heterocycles. The van der Waals surface area contributed by atoms with Gasteiger partial charge >= 0.3 is 12.1 Å². The second-order valence-corrected chi connectivity index (χ2v) is 8.01. The van der Waals surface area contributed by atoms with Gasteiger partial charge in [-0.3, -0.25) is 14.9 Å². The van der Waals surface area contributed by atoms with Crippen molar-refractivity contribution in [2.45, 2.75) is 23.4 Å². The molecule has 0 fully saturated rings. The highest BCUT2D eigenvalue weighted by molar-refractivity contribution is 7.92. The molecule has 0 aromatic carbocycles. The van der Waals surface area contributed by atoms with Crippen LogP contribution in [0.5, 0.6) is 0 Å². The molecule has 1 aliphatic rings. The van der Waals surface area contributed by atoms with Crippen LogP contribution in [0.3, 0.4) is 0 Å². The van der Waals surface area contributed by atoms with Crippen molar-refractivity contribution in [3.05, 3.63) is 52.7 Å². The van der Waals surface area contributed by atoms with Crippen molar-refractivity contribution in [2.24, 2.45) is 11.3 Å². The van der Waals surface area contributed by atoms with E-state index in [0.717, 1.165) is 31.2 Å². The van der Waals surface area contributed by atoms with Gasteiger partial charge in [-0.1, -0.05) is 24.3 Å². The van der Waals surface area contributed by atoms with E-state index in [-0.39, 0.29) is 0 Å². The van der Waals surface area contributed by atoms with Gasteiger partial charge in [-0.25, -0.2) is 13.4 Å². The van der Waals surface area contributed by atoms with E-state index in [9.17, 15) is 41.6 Å².